The fourth-order valence-electron chi connectivity index (χ4n) is 3.59. The van der Waals surface area contributed by atoms with Gasteiger partial charge < -0.3 is 14.6 Å². The molecule has 1 aliphatic rings. The standard InChI is InChI=1S/C21H21N5O4/c1-14-12-16(26(28)29)6-7-17(14)22-21(27)15-4-2-10-25(13-15)20-9-8-18(23-24-20)19-5-3-11-30-19/h3,5-9,11-12,15H,2,4,10,13H2,1H3,(H,22,27). The minimum atomic E-state index is -0.449. The van der Waals surface area contributed by atoms with E-state index in [2.05, 4.69) is 20.4 Å². The van der Waals surface area contributed by atoms with Crippen molar-refractivity contribution in [1.82, 2.24) is 10.2 Å². The van der Waals surface area contributed by atoms with E-state index < -0.39 is 4.92 Å². The summed E-state index contributed by atoms with van der Waals surface area (Å²) < 4.78 is 5.33. The Morgan fingerprint density at radius 2 is 2.13 bits per heavy atom. The molecule has 30 heavy (non-hydrogen) atoms. The third-order valence-corrected chi connectivity index (χ3v) is 5.22. The highest BCUT2D eigenvalue weighted by molar-refractivity contribution is 5.93. The van der Waals surface area contributed by atoms with Gasteiger partial charge in [-0.15, -0.1) is 10.2 Å². The van der Waals surface area contributed by atoms with Crippen molar-refractivity contribution < 1.29 is 14.1 Å². The first kappa shape index (κ1) is 19.6. The van der Waals surface area contributed by atoms with E-state index in [0.29, 0.717) is 35.1 Å². The van der Waals surface area contributed by atoms with Crippen LogP contribution in [0.1, 0.15) is 18.4 Å². The third-order valence-electron chi connectivity index (χ3n) is 5.22. The molecule has 3 heterocycles. The number of amides is 1. The molecule has 3 aromatic rings. The number of furan rings is 1. The second-order valence-electron chi connectivity index (χ2n) is 7.28. The maximum atomic E-state index is 12.8. The summed E-state index contributed by atoms with van der Waals surface area (Å²) in [7, 11) is 0. The SMILES string of the molecule is Cc1cc([N+](=O)[O-])ccc1NC(=O)C1CCCN(c2ccc(-c3ccco3)nn2)C1. The van der Waals surface area contributed by atoms with Crippen molar-refractivity contribution in [2.75, 3.05) is 23.3 Å². The number of anilines is 2. The molecule has 2 aromatic heterocycles. The summed E-state index contributed by atoms with van der Waals surface area (Å²) in [6, 6.07) is 11.8. The van der Waals surface area contributed by atoms with Gasteiger partial charge in [0.15, 0.2) is 11.6 Å². The van der Waals surface area contributed by atoms with Gasteiger partial charge >= 0.3 is 0 Å². The zero-order valence-electron chi connectivity index (χ0n) is 16.4. The first-order chi connectivity index (χ1) is 14.5. The molecule has 0 radical (unpaired) electrons. The molecule has 1 fully saturated rings. The third kappa shape index (κ3) is 4.14. The lowest BCUT2D eigenvalue weighted by atomic mass is 9.97. The highest BCUT2D eigenvalue weighted by Crippen LogP contribution is 2.26. The molecule has 0 spiro atoms. The van der Waals surface area contributed by atoms with Gasteiger partial charge in [-0.05, 0) is 55.7 Å². The molecular formula is C21H21N5O4. The first-order valence-electron chi connectivity index (χ1n) is 9.70. The topological polar surface area (TPSA) is 114 Å². The van der Waals surface area contributed by atoms with Gasteiger partial charge in [0.2, 0.25) is 5.91 Å². The van der Waals surface area contributed by atoms with Crippen LogP contribution in [0.5, 0.6) is 0 Å². The number of hydrogen-bond donors (Lipinski definition) is 1. The minimum absolute atomic E-state index is 0.00547. The van der Waals surface area contributed by atoms with Crippen molar-refractivity contribution >= 4 is 23.1 Å². The van der Waals surface area contributed by atoms with Crippen LogP contribution in [0.2, 0.25) is 0 Å². The lowest BCUT2D eigenvalue weighted by molar-refractivity contribution is -0.384. The van der Waals surface area contributed by atoms with Crippen LogP contribution in [0.15, 0.2) is 53.1 Å². The normalized spacial score (nSPS) is 16.3. The average molecular weight is 407 g/mol. The van der Waals surface area contributed by atoms with Gasteiger partial charge in [0, 0.05) is 30.9 Å². The van der Waals surface area contributed by atoms with E-state index in [1.165, 1.54) is 12.1 Å². The van der Waals surface area contributed by atoms with Crippen LogP contribution in [-0.2, 0) is 4.79 Å². The molecule has 1 N–H and O–H groups in total. The number of rotatable bonds is 5. The number of hydrogen-bond acceptors (Lipinski definition) is 7. The number of carbonyl (C=O) groups is 1. The second-order valence-corrected chi connectivity index (χ2v) is 7.28. The van der Waals surface area contributed by atoms with E-state index in [1.54, 1.807) is 25.3 Å². The molecule has 0 bridgehead atoms. The molecule has 154 valence electrons. The van der Waals surface area contributed by atoms with Gasteiger partial charge in [0.25, 0.3) is 5.69 Å². The summed E-state index contributed by atoms with van der Waals surface area (Å²) in [5.41, 5.74) is 1.91. The van der Waals surface area contributed by atoms with Crippen LogP contribution in [0, 0.1) is 23.0 Å². The number of piperidine rings is 1. The Balaban J connectivity index is 1.42. The molecule has 9 heteroatoms. The Bertz CT molecular complexity index is 1050. The van der Waals surface area contributed by atoms with Gasteiger partial charge in [-0.1, -0.05) is 0 Å². The van der Waals surface area contributed by atoms with Crippen molar-refractivity contribution in [3.8, 4) is 11.5 Å². The maximum Gasteiger partial charge on any atom is 0.269 e. The molecule has 0 aliphatic carbocycles. The largest absolute Gasteiger partial charge is 0.463 e. The van der Waals surface area contributed by atoms with Gasteiger partial charge in [0.1, 0.15) is 5.69 Å². The predicted molar refractivity (Wildman–Crippen MR) is 111 cm³/mol. The molecule has 9 nitrogen and oxygen atoms in total. The molecule has 4 rings (SSSR count). The lowest BCUT2D eigenvalue weighted by Gasteiger charge is -2.32. The van der Waals surface area contributed by atoms with E-state index in [9.17, 15) is 14.9 Å². The van der Waals surface area contributed by atoms with Crippen molar-refractivity contribution in [3.05, 3.63) is 64.4 Å². The summed E-state index contributed by atoms with van der Waals surface area (Å²) in [5, 5.41) is 22.3. The summed E-state index contributed by atoms with van der Waals surface area (Å²) in [6.45, 7) is 3.08. The molecule has 1 amide bonds. The Morgan fingerprint density at radius 3 is 2.80 bits per heavy atom. The Morgan fingerprint density at radius 1 is 1.27 bits per heavy atom. The van der Waals surface area contributed by atoms with E-state index in [1.807, 2.05) is 18.2 Å². The quantitative estimate of drug-likeness (QED) is 0.505. The second kappa shape index (κ2) is 8.32. The first-order valence-corrected chi connectivity index (χ1v) is 9.70. The van der Waals surface area contributed by atoms with Crippen LogP contribution in [-0.4, -0.2) is 34.1 Å². The van der Waals surface area contributed by atoms with Crippen LogP contribution >= 0.6 is 0 Å². The zero-order chi connectivity index (χ0) is 21.1. The van der Waals surface area contributed by atoms with E-state index >= 15 is 0 Å². The van der Waals surface area contributed by atoms with Crippen molar-refractivity contribution in [2.45, 2.75) is 19.8 Å². The van der Waals surface area contributed by atoms with Crippen LogP contribution in [0.25, 0.3) is 11.5 Å². The number of nitrogens with one attached hydrogen (secondary N) is 1. The minimum Gasteiger partial charge on any atom is -0.463 e. The van der Waals surface area contributed by atoms with Crippen molar-refractivity contribution in [2.24, 2.45) is 5.92 Å². The van der Waals surface area contributed by atoms with Gasteiger partial charge in [-0.3, -0.25) is 14.9 Å². The molecule has 1 saturated heterocycles. The zero-order valence-corrected chi connectivity index (χ0v) is 16.4. The summed E-state index contributed by atoms with van der Waals surface area (Å²) in [5.74, 6) is 1.06. The average Bonchev–Trinajstić information content (AvgIpc) is 3.30. The molecule has 0 saturated carbocycles. The van der Waals surface area contributed by atoms with Gasteiger partial charge in [-0.2, -0.15) is 0 Å². The Kier molecular flexibility index (Phi) is 5.42. The molecule has 1 aliphatic heterocycles. The number of nitrogens with zero attached hydrogens (tertiary/aromatic N) is 4. The number of carbonyl (C=O) groups excluding carboxylic acids is 1. The number of nitro groups is 1. The van der Waals surface area contributed by atoms with Crippen molar-refractivity contribution in [3.63, 3.8) is 0 Å². The molecule has 1 atom stereocenters. The number of nitro benzene ring substituents is 1. The Labute approximate surface area is 172 Å². The number of benzene rings is 1. The molecule has 1 aromatic carbocycles. The fraction of sp³-hybridized carbons (Fsp3) is 0.286. The lowest BCUT2D eigenvalue weighted by Crippen LogP contribution is -2.41. The number of aromatic nitrogens is 2. The summed E-state index contributed by atoms with van der Waals surface area (Å²) in [4.78, 5) is 25.3. The van der Waals surface area contributed by atoms with Gasteiger partial charge in [0.05, 0.1) is 17.1 Å². The maximum absolute atomic E-state index is 12.8. The smallest absolute Gasteiger partial charge is 0.269 e. The highest BCUT2D eigenvalue weighted by atomic mass is 16.6. The number of non-ortho nitro benzene ring substituents is 1. The Hall–Kier alpha value is -3.75. The van der Waals surface area contributed by atoms with Crippen LogP contribution < -0.4 is 10.2 Å². The van der Waals surface area contributed by atoms with Crippen LogP contribution in [0.4, 0.5) is 17.2 Å². The number of aryl methyl sites for hydroxylation is 1. The van der Waals surface area contributed by atoms with Crippen molar-refractivity contribution in [1.29, 1.82) is 0 Å². The molecule has 1 unspecified atom stereocenters. The van der Waals surface area contributed by atoms with E-state index in [-0.39, 0.29) is 17.5 Å². The van der Waals surface area contributed by atoms with Crippen LogP contribution in [0.3, 0.4) is 0 Å². The molecular weight excluding hydrogens is 386 g/mol. The summed E-state index contributed by atoms with van der Waals surface area (Å²) in [6.07, 6.45) is 3.22. The predicted octanol–water partition coefficient (Wildman–Crippen LogP) is 3.81. The monoisotopic (exact) mass is 407 g/mol. The highest BCUT2D eigenvalue weighted by Gasteiger charge is 2.27. The fourth-order valence-corrected chi connectivity index (χ4v) is 3.59. The van der Waals surface area contributed by atoms with Gasteiger partial charge in [-0.25, -0.2) is 0 Å². The van der Waals surface area contributed by atoms with E-state index in [4.69, 9.17) is 4.42 Å². The van der Waals surface area contributed by atoms with E-state index in [0.717, 1.165) is 19.4 Å². The summed E-state index contributed by atoms with van der Waals surface area (Å²) >= 11 is 0.